The normalized spacial score (nSPS) is 12.2. The lowest BCUT2D eigenvalue weighted by Crippen LogP contribution is -2.15. The zero-order chi connectivity index (χ0) is 13.0. The Kier molecular flexibility index (Phi) is 4.43. The second kappa shape index (κ2) is 6.05. The van der Waals surface area contributed by atoms with E-state index in [-0.39, 0.29) is 6.10 Å². The van der Waals surface area contributed by atoms with Crippen molar-refractivity contribution in [2.24, 2.45) is 0 Å². The molecule has 0 saturated carbocycles. The predicted octanol–water partition coefficient (Wildman–Crippen LogP) is 4.77. The summed E-state index contributed by atoms with van der Waals surface area (Å²) in [5.41, 5.74) is 2.47. The molecule has 1 nitrogen and oxygen atoms in total. The van der Waals surface area contributed by atoms with E-state index in [0.717, 1.165) is 16.6 Å². The smallest absolute Gasteiger partial charge is 0.122 e. The third kappa shape index (κ3) is 3.61. The van der Waals surface area contributed by atoms with Gasteiger partial charge in [0.05, 0.1) is 6.10 Å². The molecule has 0 aromatic heterocycles. The number of ether oxygens (including phenoxy) is 1. The molecule has 1 atom stereocenters. The highest BCUT2D eigenvalue weighted by Gasteiger charge is 2.07. The summed E-state index contributed by atoms with van der Waals surface area (Å²) in [6.07, 6.45) is 1.09. The van der Waals surface area contributed by atoms with E-state index in [0.29, 0.717) is 0 Å². The van der Waals surface area contributed by atoms with Crippen LogP contribution in [0.5, 0.6) is 5.75 Å². The highest BCUT2D eigenvalue weighted by atomic mass is 79.9. The van der Waals surface area contributed by atoms with E-state index in [1.165, 1.54) is 11.1 Å². The molecule has 2 aromatic carbocycles. The molecule has 0 radical (unpaired) electrons. The molecule has 0 aliphatic carbocycles. The highest BCUT2D eigenvalue weighted by molar-refractivity contribution is 9.10. The number of halogens is 1. The van der Waals surface area contributed by atoms with Crippen LogP contribution in [0.25, 0.3) is 0 Å². The van der Waals surface area contributed by atoms with Crippen molar-refractivity contribution in [3.8, 4) is 5.75 Å². The summed E-state index contributed by atoms with van der Waals surface area (Å²) in [7, 11) is 0. The molecule has 0 heterocycles. The minimum Gasteiger partial charge on any atom is -0.490 e. The highest BCUT2D eigenvalue weighted by Crippen LogP contribution is 2.19. The number of hydrogen-bond acceptors (Lipinski definition) is 1. The molecule has 2 aromatic rings. The van der Waals surface area contributed by atoms with E-state index >= 15 is 0 Å². The van der Waals surface area contributed by atoms with Crippen molar-refractivity contribution in [1.29, 1.82) is 0 Å². The molecule has 94 valence electrons. The van der Waals surface area contributed by atoms with Gasteiger partial charge in [-0.25, -0.2) is 0 Å². The van der Waals surface area contributed by atoms with Gasteiger partial charge in [-0.3, -0.25) is 0 Å². The van der Waals surface area contributed by atoms with Crippen molar-refractivity contribution in [3.63, 3.8) is 0 Å². The summed E-state index contributed by atoms with van der Waals surface area (Å²) in [5.74, 6) is 0.974. The van der Waals surface area contributed by atoms with Gasteiger partial charge in [0.2, 0.25) is 0 Å². The van der Waals surface area contributed by atoms with Gasteiger partial charge in [0, 0.05) is 10.9 Å². The first kappa shape index (κ1) is 13.2. The van der Waals surface area contributed by atoms with Crippen LogP contribution in [-0.2, 0) is 6.42 Å². The van der Waals surface area contributed by atoms with Crippen LogP contribution in [0.2, 0.25) is 0 Å². The van der Waals surface area contributed by atoms with Gasteiger partial charge in [-0.2, -0.15) is 0 Å². The molecule has 0 amide bonds. The van der Waals surface area contributed by atoms with Crippen molar-refractivity contribution >= 4 is 15.9 Å². The fraction of sp³-hybridized carbons (Fsp3) is 0.250. The maximum Gasteiger partial charge on any atom is 0.122 e. The second-order valence-corrected chi connectivity index (χ2v) is 5.44. The summed E-state index contributed by atoms with van der Waals surface area (Å²) >= 11 is 3.44. The quantitative estimate of drug-likeness (QED) is 0.791. The molecule has 0 bridgehead atoms. The summed E-state index contributed by atoms with van der Waals surface area (Å²) in [6, 6.07) is 16.5. The lowest BCUT2D eigenvalue weighted by molar-refractivity contribution is 0.220. The van der Waals surface area contributed by atoms with Crippen LogP contribution in [0.1, 0.15) is 18.1 Å². The van der Waals surface area contributed by atoms with Crippen LogP contribution >= 0.6 is 15.9 Å². The van der Waals surface area contributed by atoms with Crippen molar-refractivity contribution in [3.05, 3.63) is 64.1 Å². The van der Waals surface area contributed by atoms with E-state index in [2.05, 4.69) is 60.1 Å². The Hall–Kier alpha value is -1.28. The van der Waals surface area contributed by atoms with Crippen LogP contribution in [0.3, 0.4) is 0 Å². The minimum atomic E-state index is 0.173. The topological polar surface area (TPSA) is 9.23 Å². The lowest BCUT2D eigenvalue weighted by atomic mass is 10.1. The fourth-order valence-corrected chi connectivity index (χ4v) is 2.16. The first-order chi connectivity index (χ1) is 8.65. The molecule has 0 spiro atoms. The monoisotopic (exact) mass is 304 g/mol. The fourth-order valence-electron chi connectivity index (χ4n) is 1.90. The van der Waals surface area contributed by atoms with E-state index in [4.69, 9.17) is 4.74 Å². The Labute approximate surface area is 117 Å². The third-order valence-corrected chi connectivity index (χ3v) is 3.39. The molecule has 0 saturated heterocycles. The van der Waals surface area contributed by atoms with Crippen LogP contribution in [0, 0.1) is 6.92 Å². The molecular weight excluding hydrogens is 288 g/mol. The van der Waals surface area contributed by atoms with Crippen LogP contribution in [0.4, 0.5) is 0 Å². The van der Waals surface area contributed by atoms with Gasteiger partial charge in [-0.1, -0.05) is 46.3 Å². The van der Waals surface area contributed by atoms with Crippen molar-refractivity contribution in [2.75, 3.05) is 0 Å². The molecule has 1 unspecified atom stereocenters. The molecule has 2 rings (SSSR count). The minimum absolute atomic E-state index is 0.173. The first-order valence-corrected chi connectivity index (χ1v) is 6.91. The second-order valence-electron chi connectivity index (χ2n) is 4.52. The Balaban J connectivity index is 1.99. The van der Waals surface area contributed by atoms with Crippen molar-refractivity contribution < 1.29 is 4.74 Å². The van der Waals surface area contributed by atoms with Crippen molar-refractivity contribution in [2.45, 2.75) is 26.4 Å². The molecular formula is C16H17BrO. The summed E-state index contributed by atoms with van der Waals surface area (Å²) < 4.78 is 7.08. The maximum absolute atomic E-state index is 5.97. The zero-order valence-corrected chi connectivity index (χ0v) is 12.3. The zero-order valence-electron chi connectivity index (χ0n) is 10.7. The van der Waals surface area contributed by atoms with Gasteiger partial charge >= 0.3 is 0 Å². The maximum atomic E-state index is 5.97. The molecule has 0 aliphatic rings. The number of aryl methyl sites for hydroxylation is 1. The summed E-state index contributed by atoms with van der Waals surface area (Å²) in [5, 5.41) is 0. The number of rotatable bonds is 4. The largest absolute Gasteiger partial charge is 0.490 e. The van der Waals surface area contributed by atoms with E-state index in [1.54, 1.807) is 0 Å². The number of para-hydroxylation sites is 1. The van der Waals surface area contributed by atoms with Gasteiger partial charge in [-0.05, 0) is 43.2 Å². The van der Waals surface area contributed by atoms with Crippen LogP contribution < -0.4 is 4.74 Å². The van der Waals surface area contributed by atoms with Gasteiger partial charge in [0.1, 0.15) is 5.75 Å². The Morgan fingerprint density at radius 3 is 2.39 bits per heavy atom. The molecule has 0 fully saturated rings. The Morgan fingerprint density at radius 1 is 1.06 bits per heavy atom. The number of hydrogen-bond donors (Lipinski definition) is 0. The number of benzene rings is 2. The van der Waals surface area contributed by atoms with Crippen LogP contribution in [-0.4, -0.2) is 6.10 Å². The first-order valence-electron chi connectivity index (χ1n) is 6.12. The Morgan fingerprint density at radius 2 is 1.72 bits per heavy atom. The Bertz CT molecular complexity index is 505. The molecule has 0 aliphatic heterocycles. The standard InChI is InChI=1S/C16H17BrO/c1-12-5-3-4-6-16(12)18-13(2)11-14-7-9-15(17)10-8-14/h3-10,13H,11H2,1-2H3. The van der Waals surface area contributed by atoms with Crippen molar-refractivity contribution in [1.82, 2.24) is 0 Å². The summed E-state index contributed by atoms with van der Waals surface area (Å²) in [4.78, 5) is 0. The average molecular weight is 305 g/mol. The molecule has 0 N–H and O–H groups in total. The van der Waals surface area contributed by atoms with Gasteiger partial charge < -0.3 is 4.74 Å². The van der Waals surface area contributed by atoms with Gasteiger partial charge in [0.15, 0.2) is 0 Å². The van der Waals surface area contributed by atoms with E-state index in [1.807, 2.05) is 18.2 Å². The van der Waals surface area contributed by atoms with E-state index in [9.17, 15) is 0 Å². The third-order valence-electron chi connectivity index (χ3n) is 2.86. The predicted molar refractivity (Wildman–Crippen MR) is 79.1 cm³/mol. The van der Waals surface area contributed by atoms with Gasteiger partial charge in [-0.15, -0.1) is 0 Å². The average Bonchev–Trinajstić information content (AvgIpc) is 2.35. The van der Waals surface area contributed by atoms with E-state index < -0.39 is 0 Å². The summed E-state index contributed by atoms with van der Waals surface area (Å²) in [6.45, 7) is 4.18. The lowest BCUT2D eigenvalue weighted by Gasteiger charge is -2.16. The molecule has 2 heteroatoms. The van der Waals surface area contributed by atoms with Crippen LogP contribution in [0.15, 0.2) is 53.0 Å². The SMILES string of the molecule is Cc1ccccc1OC(C)Cc1ccc(Br)cc1. The molecule has 18 heavy (non-hydrogen) atoms. The van der Waals surface area contributed by atoms with Gasteiger partial charge in [0.25, 0.3) is 0 Å².